The minimum atomic E-state index is -0.932. The first-order valence-corrected chi connectivity index (χ1v) is 9.16. The predicted molar refractivity (Wildman–Crippen MR) is 103 cm³/mol. The fraction of sp³-hybridized carbons (Fsp3) is 0.350. The summed E-state index contributed by atoms with van der Waals surface area (Å²) in [5.74, 6) is 0.0567. The number of carbonyl (C=O) groups is 2. The van der Waals surface area contributed by atoms with Gasteiger partial charge in [-0.1, -0.05) is 19.1 Å². The lowest BCUT2D eigenvalue weighted by molar-refractivity contribution is 0.0689. The highest BCUT2D eigenvalue weighted by Gasteiger charge is 2.34. The number of nitrogens with zero attached hydrogens (tertiary/aromatic N) is 2. The maximum atomic E-state index is 12.1. The second-order valence-electron chi connectivity index (χ2n) is 5.73. The lowest BCUT2D eigenvalue weighted by Gasteiger charge is -2.34. The van der Waals surface area contributed by atoms with Crippen molar-refractivity contribution in [1.29, 1.82) is 5.26 Å². The van der Waals surface area contributed by atoms with E-state index < -0.39 is 12.3 Å². The molecule has 1 N–H and O–H groups in total. The summed E-state index contributed by atoms with van der Waals surface area (Å²) < 4.78 is 20.6. The molecule has 1 aliphatic rings. The van der Waals surface area contributed by atoms with E-state index in [4.69, 9.17) is 18.9 Å². The first-order valence-electron chi connectivity index (χ1n) is 9.16. The SMILES string of the molecule is CCOC(=O)OC1=C(C)NC(CC)=C(OC(=O)OCC)N1c1ccccc1C#N. The van der Waals surface area contributed by atoms with Gasteiger partial charge in [0.05, 0.1) is 35.9 Å². The molecule has 0 aliphatic carbocycles. The third kappa shape index (κ3) is 4.99. The molecule has 9 heteroatoms. The van der Waals surface area contributed by atoms with Crippen LogP contribution < -0.4 is 10.2 Å². The van der Waals surface area contributed by atoms with E-state index in [2.05, 4.69) is 11.4 Å². The lowest BCUT2D eigenvalue weighted by Crippen LogP contribution is -2.38. The summed E-state index contributed by atoms with van der Waals surface area (Å²) in [7, 11) is 0. The number of nitriles is 1. The molecule has 1 aromatic carbocycles. The van der Waals surface area contributed by atoms with Crippen LogP contribution >= 0.6 is 0 Å². The van der Waals surface area contributed by atoms with Gasteiger partial charge in [0.2, 0.25) is 11.8 Å². The molecule has 0 bridgehead atoms. The van der Waals surface area contributed by atoms with Crippen molar-refractivity contribution < 1.29 is 28.5 Å². The van der Waals surface area contributed by atoms with Gasteiger partial charge in [-0.3, -0.25) is 0 Å². The topological polar surface area (TPSA) is 110 Å². The summed E-state index contributed by atoms with van der Waals surface area (Å²) in [5.41, 5.74) is 1.66. The second kappa shape index (κ2) is 10.0. The summed E-state index contributed by atoms with van der Waals surface area (Å²) in [4.78, 5) is 25.5. The van der Waals surface area contributed by atoms with E-state index in [0.717, 1.165) is 0 Å². The van der Waals surface area contributed by atoms with Crippen LogP contribution in [0.4, 0.5) is 15.3 Å². The van der Waals surface area contributed by atoms with Crippen molar-refractivity contribution in [2.75, 3.05) is 18.1 Å². The van der Waals surface area contributed by atoms with Crippen molar-refractivity contribution in [3.05, 3.63) is 53.0 Å². The zero-order chi connectivity index (χ0) is 21.4. The van der Waals surface area contributed by atoms with E-state index in [1.807, 2.05) is 6.92 Å². The molecule has 0 amide bonds. The molecule has 0 fully saturated rings. The molecule has 1 aliphatic heterocycles. The minimum Gasteiger partial charge on any atom is -0.434 e. The number of hydrogen-bond donors (Lipinski definition) is 1. The Labute approximate surface area is 169 Å². The normalized spacial score (nSPS) is 13.4. The van der Waals surface area contributed by atoms with Crippen molar-refractivity contribution in [1.82, 2.24) is 5.32 Å². The second-order valence-corrected chi connectivity index (χ2v) is 5.73. The monoisotopic (exact) mass is 401 g/mol. The molecule has 9 nitrogen and oxygen atoms in total. The maximum absolute atomic E-state index is 12.1. The maximum Gasteiger partial charge on any atom is 0.515 e. The third-order valence-electron chi connectivity index (χ3n) is 3.83. The van der Waals surface area contributed by atoms with Crippen molar-refractivity contribution >= 4 is 18.0 Å². The van der Waals surface area contributed by atoms with Crippen molar-refractivity contribution in [2.24, 2.45) is 0 Å². The minimum absolute atomic E-state index is 0.0163. The molecule has 2 rings (SSSR count). The molecular weight excluding hydrogens is 378 g/mol. The number of rotatable bonds is 6. The number of anilines is 1. The lowest BCUT2D eigenvalue weighted by atomic mass is 10.1. The molecule has 1 aromatic rings. The molecule has 154 valence electrons. The summed E-state index contributed by atoms with van der Waals surface area (Å²) in [5, 5.41) is 12.6. The standard InChI is InChI=1S/C20H23N3O6/c1-5-15-18(29-20(25)27-7-3)23(16-11-9-8-10-14(16)12-21)17(13(4)22-15)28-19(24)26-6-2/h8-11,22H,5-7H2,1-4H3. The zero-order valence-corrected chi connectivity index (χ0v) is 16.8. The Kier molecular flexibility index (Phi) is 7.48. The van der Waals surface area contributed by atoms with E-state index in [1.54, 1.807) is 45.0 Å². The number of nitrogens with one attached hydrogen (secondary N) is 1. The molecule has 0 unspecified atom stereocenters. The highest BCUT2D eigenvalue weighted by Crippen LogP contribution is 2.35. The number of carbonyl (C=O) groups excluding carboxylic acids is 2. The van der Waals surface area contributed by atoms with Crippen molar-refractivity contribution in [2.45, 2.75) is 34.1 Å². The first kappa shape index (κ1) is 21.6. The van der Waals surface area contributed by atoms with Gasteiger partial charge in [0.25, 0.3) is 0 Å². The van der Waals surface area contributed by atoms with Gasteiger partial charge in [-0.15, -0.1) is 0 Å². The Morgan fingerprint density at radius 3 is 2.17 bits per heavy atom. The van der Waals surface area contributed by atoms with Crippen LogP contribution in [0, 0.1) is 11.3 Å². The van der Waals surface area contributed by atoms with Crippen LogP contribution in [0.3, 0.4) is 0 Å². The molecule has 0 radical (unpaired) electrons. The highest BCUT2D eigenvalue weighted by molar-refractivity contribution is 5.72. The van der Waals surface area contributed by atoms with E-state index in [0.29, 0.717) is 23.5 Å². The van der Waals surface area contributed by atoms with E-state index >= 15 is 0 Å². The molecule has 0 aromatic heterocycles. The van der Waals surface area contributed by atoms with Gasteiger partial charge in [-0.2, -0.15) is 5.26 Å². The van der Waals surface area contributed by atoms with Crippen LogP contribution in [0.2, 0.25) is 0 Å². The summed E-state index contributed by atoms with van der Waals surface area (Å²) in [6, 6.07) is 8.74. The van der Waals surface area contributed by atoms with Gasteiger partial charge in [-0.25, -0.2) is 14.5 Å². The Hall–Kier alpha value is -3.67. The number of ether oxygens (including phenoxy) is 4. The van der Waals surface area contributed by atoms with Gasteiger partial charge in [0.15, 0.2) is 0 Å². The number of benzene rings is 1. The summed E-state index contributed by atoms with van der Waals surface area (Å²) >= 11 is 0. The molecule has 29 heavy (non-hydrogen) atoms. The van der Waals surface area contributed by atoms with Crippen LogP contribution in [0.1, 0.15) is 39.7 Å². The predicted octanol–water partition coefficient (Wildman–Crippen LogP) is 4.08. The van der Waals surface area contributed by atoms with Gasteiger partial charge in [0, 0.05) is 0 Å². The summed E-state index contributed by atoms with van der Waals surface area (Å²) in [6.07, 6.45) is -1.40. The van der Waals surface area contributed by atoms with Crippen LogP contribution in [-0.2, 0) is 18.9 Å². The van der Waals surface area contributed by atoms with Crippen LogP contribution in [0.15, 0.2) is 47.4 Å². The van der Waals surface area contributed by atoms with Gasteiger partial charge in [-0.05, 0) is 39.3 Å². The fourth-order valence-corrected chi connectivity index (χ4v) is 2.63. The molecule has 1 heterocycles. The van der Waals surface area contributed by atoms with E-state index in [-0.39, 0.29) is 30.5 Å². The average molecular weight is 401 g/mol. The smallest absolute Gasteiger partial charge is 0.434 e. The van der Waals surface area contributed by atoms with Crippen LogP contribution in [-0.4, -0.2) is 25.5 Å². The quantitative estimate of drug-likeness (QED) is 0.705. The largest absolute Gasteiger partial charge is 0.515 e. The molecule has 0 atom stereocenters. The van der Waals surface area contributed by atoms with E-state index in [1.165, 1.54) is 4.90 Å². The average Bonchev–Trinajstić information content (AvgIpc) is 2.70. The first-order chi connectivity index (χ1) is 14.0. The third-order valence-corrected chi connectivity index (χ3v) is 3.83. The Morgan fingerprint density at radius 1 is 1.03 bits per heavy atom. The fourth-order valence-electron chi connectivity index (χ4n) is 2.63. The zero-order valence-electron chi connectivity index (χ0n) is 16.8. The number of hydrogen-bond acceptors (Lipinski definition) is 9. The summed E-state index contributed by atoms with van der Waals surface area (Å²) in [6.45, 7) is 7.09. The van der Waals surface area contributed by atoms with E-state index in [9.17, 15) is 14.9 Å². The molecule has 0 spiro atoms. The Bertz CT molecular complexity index is 884. The molecule has 0 saturated carbocycles. The van der Waals surface area contributed by atoms with Gasteiger partial charge >= 0.3 is 12.3 Å². The Balaban J connectivity index is 2.62. The Morgan fingerprint density at radius 2 is 1.62 bits per heavy atom. The van der Waals surface area contributed by atoms with Crippen LogP contribution in [0.25, 0.3) is 0 Å². The van der Waals surface area contributed by atoms with Gasteiger partial charge in [0.1, 0.15) is 6.07 Å². The van der Waals surface area contributed by atoms with Crippen molar-refractivity contribution in [3.63, 3.8) is 0 Å². The number of allylic oxidation sites excluding steroid dienone is 2. The molecule has 0 saturated heterocycles. The number of para-hydroxylation sites is 1. The highest BCUT2D eigenvalue weighted by atomic mass is 16.7. The van der Waals surface area contributed by atoms with Crippen molar-refractivity contribution in [3.8, 4) is 6.07 Å². The van der Waals surface area contributed by atoms with Crippen LogP contribution in [0.5, 0.6) is 0 Å². The van der Waals surface area contributed by atoms with Gasteiger partial charge < -0.3 is 24.3 Å². The molecular formula is C20H23N3O6.